The van der Waals surface area contributed by atoms with E-state index in [0.717, 1.165) is 12.0 Å². The van der Waals surface area contributed by atoms with Crippen LogP contribution in [0.25, 0.3) is 21.6 Å². The van der Waals surface area contributed by atoms with E-state index in [1.54, 1.807) is 0 Å². The third-order valence-corrected chi connectivity index (χ3v) is 3.82. The molecule has 0 radical (unpaired) electrons. The molecule has 22 heavy (non-hydrogen) atoms. The first-order chi connectivity index (χ1) is 10.7. The molecule has 0 saturated carbocycles. The molecule has 0 aliphatic carbocycles. The SMILES string of the molecule is CCc1cc(C(CN=[N+]=[N-])C(C)=O)ccc1-c1ccccc1. The number of Topliss-reactive ketones (excluding diaryl/α,β-unsaturated/α-hetero) is 1. The van der Waals surface area contributed by atoms with E-state index >= 15 is 0 Å². The summed E-state index contributed by atoms with van der Waals surface area (Å²) >= 11 is 0. The highest BCUT2D eigenvalue weighted by Gasteiger charge is 2.17. The lowest BCUT2D eigenvalue weighted by Crippen LogP contribution is -2.12. The van der Waals surface area contributed by atoms with E-state index in [1.165, 1.54) is 23.6 Å². The Labute approximate surface area is 130 Å². The summed E-state index contributed by atoms with van der Waals surface area (Å²) in [5.74, 6) is -0.354. The monoisotopic (exact) mass is 293 g/mol. The predicted octanol–water partition coefficient (Wildman–Crippen LogP) is 4.90. The minimum atomic E-state index is -0.369. The lowest BCUT2D eigenvalue weighted by molar-refractivity contribution is -0.118. The Bertz CT molecular complexity index is 704. The van der Waals surface area contributed by atoms with E-state index in [0.29, 0.717) is 0 Å². The van der Waals surface area contributed by atoms with E-state index in [-0.39, 0.29) is 18.2 Å². The van der Waals surface area contributed by atoms with Crippen molar-refractivity contribution in [1.29, 1.82) is 0 Å². The number of hydrogen-bond donors (Lipinski definition) is 0. The first-order valence-electron chi connectivity index (χ1n) is 7.37. The normalized spacial score (nSPS) is 11.5. The van der Waals surface area contributed by atoms with Crippen LogP contribution in [-0.4, -0.2) is 12.3 Å². The number of azide groups is 1. The molecular formula is C18H19N3O. The van der Waals surface area contributed by atoms with Gasteiger partial charge in [0.15, 0.2) is 0 Å². The number of ketones is 1. The first-order valence-corrected chi connectivity index (χ1v) is 7.37. The van der Waals surface area contributed by atoms with Crippen LogP contribution in [0.4, 0.5) is 0 Å². The number of hydrogen-bond acceptors (Lipinski definition) is 2. The largest absolute Gasteiger partial charge is 0.299 e. The molecular weight excluding hydrogens is 274 g/mol. The third-order valence-electron chi connectivity index (χ3n) is 3.82. The summed E-state index contributed by atoms with van der Waals surface area (Å²) in [5.41, 5.74) is 12.9. The van der Waals surface area contributed by atoms with Gasteiger partial charge in [0.1, 0.15) is 5.78 Å². The maximum absolute atomic E-state index is 11.8. The molecule has 112 valence electrons. The topological polar surface area (TPSA) is 65.8 Å². The van der Waals surface area contributed by atoms with Crippen LogP contribution >= 0.6 is 0 Å². The minimum absolute atomic E-state index is 0.0157. The van der Waals surface area contributed by atoms with Crippen molar-refractivity contribution in [2.75, 3.05) is 6.54 Å². The average Bonchev–Trinajstić information content (AvgIpc) is 2.55. The molecule has 4 heteroatoms. The predicted molar refractivity (Wildman–Crippen MR) is 88.7 cm³/mol. The fraction of sp³-hybridized carbons (Fsp3) is 0.278. The Morgan fingerprint density at radius 3 is 2.55 bits per heavy atom. The van der Waals surface area contributed by atoms with Gasteiger partial charge in [-0.15, -0.1) is 0 Å². The van der Waals surface area contributed by atoms with Crippen LogP contribution in [0.5, 0.6) is 0 Å². The summed E-state index contributed by atoms with van der Waals surface area (Å²) in [6.07, 6.45) is 0.879. The fourth-order valence-electron chi connectivity index (χ4n) is 2.61. The van der Waals surface area contributed by atoms with Gasteiger partial charge in [0.2, 0.25) is 0 Å². The van der Waals surface area contributed by atoms with Crippen molar-refractivity contribution < 1.29 is 4.79 Å². The second-order valence-electron chi connectivity index (χ2n) is 5.21. The lowest BCUT2D eigenvalue weighted by Gasteiger charge is -2.15. The van der Waals surface area contributed by atoms with Crippen LogP contribution in [0.1, 0.15) is 30.9 Å². The van der Waals surface area contributed by atoms with E-state index in [1.807, 2.05) is 24.3 Å². The molecule has 1 atom stereocenters. The van der Waals surface area contributed by atoms with Gasteiger partial charge in [-0.3, -0.25) is 4.79 Å². The Morgan fingerprint density at radius 2 is 1.95 bits per heavy atom. The third kappa shape index (κ3) is 3.54. The number of carbonyl (C=O) groups excluding carboxylic acids is 1. The van der Waals surface area contributed by atoms with Crippen LogP contribution < -0.4 is 0 Å². The summed E-state index contributed by atoms with van der Waals surface area (Å²) < 4.78 is 0. The highest BCUT2D eigenvalue weighted by atomic mass is 16.1. The molecule has 0 aliphatic heterocycles. The van der Waals surface area contributed by atoms with Crippen LogP contribution in [0.15, 0.2) is 53.6 Å². The van der Waals surface area contributed by atoms with Gasteiger partial charge in [-0.1, -0.05) is 60.6 Å². The van der Waals surface area contributed by atoms with Crippen LogP contribution in [-0.2, 0) is 11.2 Å². The number of rotatable bonds is 6. The van der Waals surface area contributed by atoms with Crippen LogP contribution in [0, 0.1) is 0 Å². The maximum Gasteiger partial charge on any atom is 0.137 e. The van der Waals surface area contributed by atoms with E-state index in [2.05, 4.69) is 41.2 Å². The smallest absolute Gasteiger partial charge is 0.137 e. The Balaban J connectivity index is 2.44. The van der Waals surface area contributed by atoms with Crippen molar-refractivity contribution in [3.05, 3.63) is 70.1 Å². The molecule has 4 nitrogen and oxygen atoms in total. The molecule has 0 fully saturated rings. The van der Waals surface area contributed by atoms with E-state index in [4.69, 9.17) is 5.53 Å². The van der Waals surface area contributed by atoms with Crippen molar-refractivity contribution in [3.8, 4) is 11.1 Å². The van der Waals surface area contributed by atoms with Gasteiger partial charge >= 0.3 is 0 Å². The van der Waals surface area contributed by atoms with E-state index < -0.39 is 0 Å². The average molecular weight is 293 g/mol. The van der Waals surface area contributed by atoms with Crippen molar-refractivity contribution in [2.45, 2.75) is 26.2 Å². The molecule has 0 bridgehead atoms. The molecule has 2 aromatic rings. The zero-order valence-electron chi connectivity index (χ0n) is 12.9. The van der Waals surface area contributed by atoms with Crippen molar-refractivity contribution in [2.24, 2.45) is 5.11 Å². The maximum atomic E-state index is 11.8. The lowest BCUT2D eigenvalue weighted by atomic mass is 9.89. The van der Waals surface area contributed by atoms with Gasteiger partial charge in [0.05, 0.1) is 0 Å². The number of nitrogens with zero attached hydrogens (tertiary/aromatic N) is 3. The summed E-state index contributed by atoms with van der Waals surface area (Å²) in [7, 11) is 0. The Hall–Kier alpha value is -2.58. The molecule has 0 N–H and O–H groups in total. The van der Waals surface area contributed by atoms with E-state index in [9.17, 15) is 4.79 Å². The highest BCUT2D eigenvalue weighted by molar-refractivity contribution is 5.84. The minimum Gasteiger partial charge on any atom is -0.299 e. The molecule has 1 unspecified atom stereocenters. The van der Waals surface area contributed by atoms with Gasteiger partial charge in [0.25, 0.3) is 0 Å². The molecule has 2 rings (SSSR count). The number of carbonyl (C=O) groups is 1. The van der Waals surface area contributed by atoms with Crippen LogP contribution in [0.3, 0.4) is 0 Å². The zero-order valence-corrected chi connectivity index (χ0v) is 12.9. The summed E-state index contributed by atoms with van der Waals surface area (Å²) in [6.45, 7) is 3.80. The van der Waals surface area contributed by atoms with Gasteiger partial charge in [-0.05, 0) is 41.1 Å². The molecule has 0 aromatic heterocycles. The molecule has 0 aliphatic rings. The molecule has 0 amide bonds. The van der Waals surface area contributed by atoms with Crippen molar-refractivity contribution in [3.63, 3.8) is 0 Å². The Morgan fingerprint density at radius 1 is 1.23 bits per heavy atom. The Kier molecular flexibility index (Phi) is 5.34. The van der Waals surface area contributed by atoms with Gasteiger partial charge < -0.3 is 0 Å². The molecule has 0 heterocycles. The molecule has 0 spiro atoms. The summed E-state index contributed by atoms with van der Waals surface area (Å²) in [5, 5.41) is 3.57. The first kappa shape index (κ1) is 15.8. The van der Waals surface area contributed by atoms with Crippen molar-refractivity contribution >= 4 is 5.78 Å². The second-order valence-corrected chi connectivity index (χ2v) is 5.21. The van der Waals surface area contributed by atoms with Crippen LogP contribution in [0.2, 0.25) is 0 Å². The quantitative estimate of drug-likeness (QED) is 0.424. The number of benzene rings is 2. The van der Waals surface area contributed by atoms with Gasteiger partial charge in [-0.25, -0.2) is 0 Å². The molecule has 0 saturated heterocycles. The summed E-state index contributed by atoms with van der Waals surface area (Å²) in [6, 6.07) is 16.3. The highest BCUT2D eigenvalue weighted by Crippen LogP contribution is 2.28. The zero-order chi connectivity index (χ0) is 15.9. The number of aryl methyl sites for hydroxylation is 1. The van der Waals surface area contributed by atoms with Gasteiger partial charge in [0, 0.05) is 17.4 Å². The molecule has 2 aromatic carbocycles. The van der Waals surface area contributed by atoms with Gasteiger partial charge in [-0.2, -0.15) is 0 Å². The second kappa shape index (κ2) is 7.43. The van der Waals surface area contributed by atoms with Crippen molar-refractivity contribution in [1.82, 2.24) is 0 Å². The standard InChI is InChI=1S/C18H19N3O/c1-3-14-11-16(18(13(2)22)12-20-21-19)9-10-17(14)15-7-5-4-6-8-15/h4-11,18H,3,12H2,1-2H3. The summed E-state index contributed by atoms with van der Waals surface area (Å²) in [4.78, 5) is 14.6. The fourth-order valence-corrected chi connectivity index (χ4v) is 2.61.